The molecule has 1 nitrogen and oxygen atoms in total. The molecule has 4 aliphatic carbocycles. The number of allylic oxidation sites excluding steroid dienone is 1. The van der Waals surface area contributed by atoms with E-state index in [4.69, 9.17) is 0 Å². The summed E-state index contributed by atoms with van der Waals surface area (Å²) in [5.74, 6) is 4.07. The lowest BCUT2D eigenvalue weighted by molar-refractivity contribution is -0.0600. The van der Waals surface area contributed by atoms with Crippen molar-refractivity contribution in [3.63, 3.8) is 0 Å². The topological polar surface area (TPSA) is 20.2 Å². The summed E-state index contributed by atoms with van der Waals surface area (Å²) in [5.41, 5.74) is -0.335. The SMILES string of the molecule is OC1([C@@H]2C=CC3C2[C@@H]2CC[C@H]3C2)CCCCC1. The highest BCUT2D eigenvalue weighted by Gasteiger charge is 2.55. The van der Waals surface area contributed by atoms with E-state index in [1.165, 1.54) is 38.5 Å². The van der Waals surface area contributed by atoms with Gasteiger partial charge < -0.3 is 5.11 Å². The minimum absolute atomic E-state index is 0.335. The second-order valence-corrected chi connectivity index (χ2v) is 7.06. The molecule has 0 aromatic rings. The lowest BCUT2D eigenvalue weighted by Crippen LogP contribution is -2.43. The first-order chi connectivity index (χ1) is 8.28. The molecule has 94 valence electrons. The second kappa shape index (κ2) is 3.60. The van der Waals surface area contributed by atoms with Crippen LogP contribution in [0.25, 0.3) is 0 Å². The lowest BCUT2D eigenvalue weighted by Gasteiger charge is -2.42. The summed E-state index contributed by atoms with van der Waals surface area (Å²) in [6.45, 7) is 0. The maximum absolute atomic E-state index is 11.0. The summed E-state index contributed by atoms with van der Waals surface area (Å²) in [5, 5.41) is 11.0. The fraction of sp³-hybridized carbons (Fsp3) is 0.875. The van der Waals surface area contributed by atoms with E-state index < -0.39 is 0 Å². The van der Waals surface area contributed by atoms with Crippen molar-refractivity contribution < 1.29 is 5.11 Å². The van der Waals surface area contributed by atoms with E-state index in [2.05, 4.69) is 12.2 Å². The molecule has 0 aliphatic heterocycles. The molecule has 0 saturated heterocycles. The Kier molecular flexibility index (Phi) is 2.25. The fourth-order valence-corrected chi connectivity index (χ4v) is 5.61. The first-order valence-corrected chi connectivity index (χ1v) is 7.69. The van der Waals surface area contributed by atoms with Gasteiger partial charge in [0.25, 0.3) is 0 Å². The molecular formula is C16H24O. The van der Waals surface area contributed by atoms with Crippen LogP contribution in [-0.4, -0.2) is 10.7 Å². The van der Waals surface area contributed by atoms with E-state index >= 15 is 0 Å². The van der Waals surface area contributed by atoms with Crippen molar-refractivity contribution in [1.82, 2.24) is 0 Å². The summed E-state index contributed by atoms with van der Waals surface area (Å²) < 4.78 is 0. The molecule has 3 fully saturated rings. The first kappa shape index (κ1) is 10.6. The fourth-order valence-electron chi connectivity index (χ4n) is 5.61. The van der Waals surface area contributed by atoms with Crippen molar-refractivity contribution >= 4 is 0 Å². The predicted molar refractivity (Wildman–Crippen MR) is 68.5 cm³/mol. The van der Waals surface area contributed by atoms with E-state index in [1.54, 1.807) is 0 Å². The maximum atomic E-state index is 11.0. The van der Waals surface area contributed by atoms with Crippen LogP contribution in [0.5, 0.6) is 0 Å². The molecule has 0 aromatic carbocycles. The first-order valence-electron chi connectivity index (χ1n) is 7.69. The molecule has 2 bridgehead atoms. The zero-order valence-corrected chi connectivity index (χ0v) is 10.6. The largest absolute Gasteiger partial charge is 0.389 e. The molecule has 4 aliphatic rings. The smallest absolute Gasteiger partial charge is 0.0713 e. The van der Waals surface area contributed by atoms with Crippen LogP contribution < -0.4 is 0 Å². The van der Waals surface area contributed by atoms with Crippen LogP contribution in [0.15, 0.2) is 12.2 Å². The van der Waals surface area contributed by atoms with Gasteiger partial charge in [0.05, 0.1) is 5.60 Å². The Morgan fingerprint density at radius 1 is 0.941 bits per heavy atom. The molecule has 17 heavy (non-hydrogen) atoms. The molecule has 0 radical (unpaired) electrons. The van der Waals surface area contributed by atoms with Crippen LogP contribution in [-0.2, 0) is 0 Å². The molecule has 2 unspecified atom stereocenters. The highest BCUT2D eigenvalue weighted by atomic mass is 16.3. The van der Waals surface area contributed by atoms with Gasteiger partial charge in [-0.3, -0.25) is 0 Å². The summed E-state index contributed by atoms with van der Waals surface area (Å²) >= 11 is 0. The molecule has 5 atom stereocenters. The highest BCUT2D eigenvalue weighted by molar-refractivity contribution is 5.20. The molecule has 0 aromatic heterocycles. The monoisotopic (exact) mass is 232 g/mol. The summed E-state index contributed by atoms with van der Waals surface area (Å²) in [7, 11) is 0. The van der Waals surface area contributed by atoms with Gasteiger partial charge >= 0.3 is 0 Å². The third kappa shape index (κ3) is 1.41. The summed E-state index contributed by atoms with van der Waals surface area (Å²) in [6.07, 6.45) is 15.2. The van der Waals surface area contributed by atoms with Crippen molar-refractivity contribution in [2.75, 3.05) is 0 Å². The van der Waals surface area contributed by atoms with Crippen LogP contribution >= 0.6 is 0 Å². The van der Waals surface area contributed by atoms with E-state index in [1.807, 2.05) is 0 Å². The van der Waals surface area contributed by atoms with Crippen molar-refractivity contribution in [2.45, 2.75) is 57.0 Å². The van der Waals surface area contributed by atoms with Crippen molar-refractivity contribution in [3.8, 4) is 0 Å². The predicted octanol–water partition coefficient (Wildman–Crippen LogP) is 3.53. The Morgan fingerprint density at radius 2 is 1.71 bits per heavy atom. The third-order valence-electron chi connectivity index (χ3n) is 6.34. The molecular weight excluding hydrogens is 208 g/mol. The van der Waals surface area contributed by atoms with Gasteiger partial charge in [-0.25, -0.2) is 0 Å². The second-order valence-electron chi connectivity index (χ2n) is 7.06. The van der Waals surface area contributed by atoms with Crippen molar-refractivity contribution in [1.29, 1.82) is 0 Å². The molecule has 4 rings (SSSR count). The van der Waals surface area contributed by atoms with Crippen LogP contribution in [0.3, 0.4) is 0 Å². The summed E-state index contributed by atoms with van der Waals surface area (Å²) in [6, 6.07) is 0. The number of hydrogen-bond donors (Lipinski definition) is 1. The minimum atomic E-state index is -0.335. The van der Waals surface area contributed by atoms with E-state index in [9.17, 15) is 5.11 Å². The molecule has 0 spiro atoms. The van der Waals surface area contributed by atoms with E-state index in [-0.39, 0.29) is 5.60 Å². The third-order valence-corrected chi connectivity index (χ3v) is 6.34. The number of rotatable bonds is 1. The quantitative estimate of drug-likeness (QED) is 0.686. The van der Waals surface area contributed by atoms with Crippen LogP contribution in [0, 0.1) is 29.6 Å². The Morgan fingerprint density at radius 3 is 2.53 bits per heavy atom. The van der Waals surface area contributed by atoms with Crippen LogP contribution in [0.1, 0.15) is 51.4 Å². The van der Waals surface area contributed by atoms with E-state index in [0.717, 1.165) is 36.5 Å². The van der Waals surface area contributed by atoms with Crippen molar-refractivity contribution in [2.24, 2.45) is 29.6 Å². The zero-order chi connectivity index (χ0) is 11.5. The molecule has 0 amide bonds. The number of aliphatic hydroxyl groups is 1. The van der Waals surface area contributed by atoms with Gasteiger partial charge in [-0.2, -0.15) is 0 Å². The van der Waals surface area contributed by atoms with Crippen LogP contribution in [0.4, 0.5) is 0 Å². The Bertz CT molecular complexity index is 339. The van der Waals surface area contributed by atoms with Crippen molar-refractivity contribution in [3.05, 3.63) is 12.2 Å². The highest BCUT2D eigenvalue weighted by Crippen LogP contribution is 2.61. The molecule has 1 heteroatoms. The van der Waals surface area contributed by atoms with Gasteiger partial charge in [-0.05, 0) is 55.8 Å². The van der Waals surface area contributed by atoms with Crippen LogP contribution in [0.2, 0.25) is 0 Å². The van der Waals surface area contributed by atoms with Gasteiger partial charge in [-0.15, -0.1) is 0 Å². The van der Waals surface area contributed by atoms with Gasteiger partial charge in [0.15, 0.2) is 0 Å². The van der Waals surface area contributed by atoms with Gasteiger partial charge in [0.2, 0.25) is 0 Å². The average Bonchev–Trinajstić information content (AvgIpc) is 3.03. The average molecular weight is 232 g/mol. The number of fused-ring (bicyclic) bond motifs is 5. The molecule has 3 saturated carbocycles. The Hall–Kier alpha value is -0.300. The maximum Gasteiger partial charge on any atom is 0.0713 e. The minimum Gasteiger partial charge on any atom is -0.389 e. The zero-order valence-electron chi connectivity index (χ0n) is 10.6. The van der Waals surface area contributed by atoms with Gasteiger partial charge in [0.1, 0.15) is 0 Å². The molecule has 0 heterocycles. The lowest BCUT2D eigenvalue weighted by atomic mass is 9.67. The van der Waals surface area contributed by atoms with Gasteiger partial charge in [0, 0.05) is 5.92 Å². The molecule has 1 N–H and O–H groups in total. The van der Waals surface area contributed by atoms with Gasteiger partial charge in [-0.1, -0.05) is 31.4 Å². The Labute approximate surface area is 104 Å². The number of hydrogen-bond acceptors (Lipinski definition) is 1. The van der Waals surface area contributed by atoms with E-state index in [0.29, 0.717) is 5.92 Å². The standard InChI is InChI=1S/C16H24O/c17-16(8-2-1-3-9-16)14-7-6-13-11-4-5-12(10-11)15(13)14/h6-7,11-15,17H,1-5,8-10H2/t11-,12+,13?,14+,15?/m0/s1. The Balaban J connectivity index is 1.61. The normalized spacial score (nSPS) is 50.8. The summed E-state index contributed by atoms with van der Waals surface area (Å²) in [4.78, 5) is 0.